The lowest BCUT2D eigenvalue weighted by Crippen LogP contribution is -2.47. The van der Waals surface area contributed by atoms with Crippen LogP contribution in [0.25, 0.3) is 0 Å². The molecule has 0 aliphatic heterocycles. The number of hydrogen-bond acceptors (Lipinski definition) is 1. The van der Waals surface area contributed by atoms with Crippen LogP contribution in [0.4, 0.5) is 4.79 Å². The van der Waals surface area contributed by atoms with Crippen molar-refractivity contribution in [3.05, 3.63) is 35.9 Å². The van der Waals surface area contributed by atoms with E-state index in [0.717, 1.165) is 5.56 Å². The van der Waals surface area contributed by atoms with Crippen LogP contribution in [-0.4, -0.2) is 11.6 Å². The zero-order chi connectivity index (χ0) is 12.2. The van der Waals surface area contributed by atoms with Crippen molar-refractivity contribution in [2.45, 2.75) is 39.3 Å². The van der Waals surface area contributed by atoms with E-state index in [1.165, 1.54) is 0 Å². The molecule has 0 bridgehead atoms. The molecule has 0 saturated heterocycles. The summed E-state index contributed by atoms with van der Waals surface area (Å²) in [7, 11) is 0. The molecule has 1 aromatic carbocycles. The summed E-state index contributed by atoms with van der Waals surface area (Å²) in [5.74, 6) is 0. The van der Waals surface area contributed by atoms with Gasteiger partial charge in [-0.3, -0.25) is 0 Å². The van der Waals surface area contributed by atoms with Gasteiger partial charge in [0.2, 0.25) is 0 Å². The Hall–Kier alpha value is -1.51. The van der Waals surface area contributed by atoms with Crippen molar-refractivity contribution in [1.29, 1.82) is 0 Å². The molecule has 3 heteroatoms. The first-order chi connectivity index (χ1) is 7.38. The fourth-order valence-electron chi connectivity index (χ4n) is 1.40. The maximum atomic E-state index is 11.6. The van der Waals surface area contributed by atoms with Gasteiger partial charge in [0.1, 0.15) is 0 Å². The number of benzene rings is 1. The highest BCUT2D eigenvalue weighted by Gasteiger charge is 2.15. The Labute approximate surface area is 97.2 Å². The molecule has 0 aromatic heterocycles. The Morgan fingerprint density at radius 1 is 1.19 bits per heavy atom. The van der Waals surface area contributed by atoms with E-state index < -0.39 is 0 Å². The standard InChI is InChI=1S/C13H20N2O/c1-10(11-8-6-5-7-9-11)14-12(16)15-13(2,3)4/h5-10H,1-4H3,(H2,14,15,16)/t10-/m0/s1. The molecule has 1 aromatic rings. The number of amides is 2. The average Bonchev–Trinajstić information content (AvgIpc) is 2.16. The minimum absolute atomic E-state index is 0.0172. The predicted octanol–water partition coefficient (Wildman–Crippen LogP) is 2.85. The lowest BCUT2D eigenvalue weighted by molar-refractivity contribution is 0.229. The van der Waals surface area contributed by atoms with Crippen molar-refractivity contribution in [2.24, 2.45) is 0 Å². The molecule has 0 aliphatic rings. The van der Waals surface area contributed by atoms with E-state index in [2.05, 4.69) is 10.6 Å². The molecule has 2 amide bonds. The second-order valence-electron chi connectivity index (χ2n) is 4.98. The van der Waals surface area contributed by atoms with E-state index in [-0.39, 0.29) is 17.6 Å². The van der Waals surface area contributed by atoms with Gasteiger partial charge in [-0.05, 0) is 33.3 Å². The number of rotatable bonds is 2. The minimum atomic E-state index is -0.208. The number of carbonyl (C=O) groups is 1. The third-order valence-corrected chi connectivity index (χ3v) is 2.14. The van der Waals surface area contributed by atoms with Crippen LogP contribution in [0.1, 0.15) is 39.3 Å². The maximum Gasteiger partial charge on any atom is 0.315 e. The molecule has 0 spiro atoms. The third kappa shape index (κ3) is 4.34. The van der Waals surface area contributed by atoms with Crippen LogP contribution in [0.3, 0.4) is 0 Å². The summed E-state index contributed by atoms with van der Waals surface area (Å²) in [6, 6.07) is 9.78. The molecule has 2 N–H and O–H groups in total. The lowest BCUT2D eigenvalue weighted by Gasteiger charge is -2.23. The number of carbonyl (C=O) groups excluding carboxylic acids is 1. The van der Waals surface area contributed by atoms with Crippen LogP contribution in [-0.2, 0) is 0 Å². The van der Waals surface area contributed by atoms with Gasteiger partial charge >= 0.3 is 6.03 Å². The van der Waals surface area contributed by atoms with Crippen molar-refractivity contribution in [2.75, 3.05) is 0 Å². The fourth-order valence-corrected chi connectivity index (χ4v) is 1.40. The summed E-state index contributed by atoms with van der Waals surface area (Å²) in [5, 5.41) is 5.77. The number of urea groups is 1. The normalized spacial score (nSPS) is 13.0. The van der Waals surface area contributed by atoms with Gasteiger partial charge in [0.25, 0.3) is 0 Å². The van der Waals surface area contributed by atoms with Crippen LogP contribution >= 0.6 is 0 Å². The maximum absolute atomic E-state index is 11.6. The molecule has 1 rings (SSSR count). The van der Waals surface area contributed by atoms with E-state index in [1.54, 1.807) is 0 Å². The molecule has 3 nitrogen and oxygen atoms in total. The Balaban J connectivity index is 2.52. The van der Waals surface area contributed by atoms with Gasteiger partial charge in [-0.25, -0.2) is 4.79 Å². The molecule has 0 fully saturated rings. The van der Waals surface area contributed by atoms with Crippen LogP contribution in [0, 0.1) is 0 Å². The first kappa shape index (κ1) is 12.6. The molecule has 0 radical (unpaired) electrons. The van der Waals surface area contributed by atoms with Crippen molar-refractivity contribution in [3.63, 3.8) is 0 Å². The Morgan fingerprint density at radius 3 is 2.25 bits per heavy atom. The molecule has 0 aliphatic carbocycles. The highest BCUT2D eigenvalue weighted by atomic mass is 16.2. The molecule has 88 valence electrons. The van der Waals surface area contributed by atoms with Crippen LogP contribution in [0.5, 0.6) is 0 Å². The van der Waals surface area contributed by atoms with Gasteiger partial charge in [0.05, 0.1) is 6.04 Å². The van der Waals surface area contributed by atoms with Gasteiger partial charge in [-0.15, -0.1) is 0 Å². The number of hydrogen-bond donors (Lipinski definition) is 2. The van der Waals surface area contributed by atoms with Gasteiger partial charge in [0, 0.05) is 5.54 Å². The zero-order valence-corrected chi connectivity index (χ0v) is 10.4. The third-order valence-electron chi connectivity index (χ3n) is 2.14. The zero-order valence-electron chi connectivity index (χ0n) is 10.4. The molecule has 0 unspecified atom stereocenters. The van der Waals surface area contributed by atoms with Crippen LogP contribution < -0.4 is 10.6 Å². The van der Waals surface area contributed by atoms with Gasteiger partial charge in [-0.1, -0.05) is 30.3 Å². The van der Waals surface area contributed by atoms with Gasteiger partial charge < -0.3 is 10.6 Å². The van der Waals surface area contributed by atoms with Crippen molar-refractivity contribution < 1.29 is 4.79 Å². The van der Waals surface area contributed by atoms with Gasteiger partial charge in [-0.2, -0.15) is 0 Å². The monoisotopic (exact) mass is 220 g/mol. The molecular formula is C13H20N2O. The average molecular weight is 220 g/mol. The summed E-state index contributed by atoms with van der Waals surface area (Å²) in [5.41, 5.74) is 0.895. The van der Waals surface area contributed by atoms with E-state index >= 15 is 0 Å². The fraction of sp³-hybridized carbons (Fsp3) is 0.462. The molecule has 0 heterocycles. The van der Waals surface area contributed by atoms with E-state index in [9.17, 15) is 4.79 Å². The Morgan fingerprint density at radius 2 is 1.75 bits per heavy atom. The lowest BCUT2D eigenvalue weighted by atomic mass is 10.1. The second kappa shape index (κ2) is 5.01. The van der Waals surface area contributed by atoms with Gasteiger partial charge in [0.15, 0.2) is 0 Å². The minimum Gasteiger partial charge on any atom is -0.334 e. The molecule has 0 saturated carbocycles. The first-order valence-electron chi connectivity index (χ1n) is 5.52. The summed E-state index contributed by atoms with van der Waals surface area (Å²) in [4.78, 5) is 11.6. The molecular weight excluding hydrogens is 200 g/mol. The highest BCUT2D eigenvalue weighted by Crippen LogP contribution is 2.11. The number of nitrogens with one attached hydrogen (secondary N) is 2. The topological polar surface area (TPSA) is 41.1 Å². The van der Waals surface area contributed by atoms with E-state index in [1.807, 2.05) is 58.0 Å². The summed E-state index contributed by atoms with van der Waals surface area (Å²) in [6.07, 6.45) is 0. The van der Waals surface area contributed by atoms with E-state index in [0.29, 0.717) is 0 Å². The molecule has 1 atom stereocenters. The summed E-state index contributed by atoms with van der Waals surface area (Å²) < 4.78 is 0. The quantitative estimate of drug-likeness (QED) is 0.790. The van der Waals surface area contributed by atoms with Crippen LogP contribution in [0.15, 0.2) is 30.3 Å². The largest absolute Gasteiger partial charge is 0.334 e. The molecule has 16 heavy (non-hydrogen) atoms. The van der Waals surface area contributed by atoms with Crippen molar-refractivity contribution in [1.82, 2.24) is 10.6 Å². The van der Waals surface area contributed by atoms with Crippen molar-refractivity contribution in [3.8, 4) is 0 Å². The Bertz CT molecular complexity index is 341. The highest BCUT2D eigenvalue weighted by molar-refractivity contribution is 5.75. The summed E-state index contributed by atoms with van der Waals surface area (Å²) in [6.45, 7) is 7.84. The van der Waals surface area contributed by atoms with Crippen LogP contribution in [0.2, 0.25) is 0 Å². The van der Waals surface area contributed by atoms with E-state index in [4.69, 9.17) is 0 Å². The first-order valence-corrected chi connectivity index (χ1v) is 5.52. The Kier molecular flexibility index (Phi) is 3.93. The summed E-state index contributed by atoms with van der Waals surface area (Å²) >= 11 is 0. The van der Waals surface area contributed by atoms with Crippen molar-refractivity contribution >= 4 is 6.03 Å². The predicted molar refractivity (Wildman–Crippen MR) is 66.3 cm³/mol. The second-order valence-corrected chi connectivity index (χ2v) is 4.98. The SMILES string of the molecule is C[C@H](NC(=O)NC(C)(C)C)c1ccccc1. The smallest absolute Gasteiger partial charge is 0.315 e.